The number of benzene rings is 1. The number of nitrogen functional groups attached to an aromatic ring is 1. The van der Waals surface area contributed by atoms with Crippen molar-refractivity contribution in [3.05, 3.63) is 64.3 Å². The number of hydrogen-bond donors (Lipinski definition) is 2. The Morgan fingerprint density at radius 3 is 2.42 bits per heavy atom. The van der Waals surface area contributed by atoms with Crippen molar-refractivity contribution in [1.82, 2.24) is 9.97 Å². The van der Waals surface area contributed by atoms with Crippen LogP contribution in [0.4, 0.5) is 11.6 Å². The SMILES string of the molecule is CC(C)c1ccc(-c2c(C#N)c(N)nc(SCCC(=O)Nc3ccc(Cl)cn3)c2C#N)cc1. The molecule has 0 fully saturated rings. The zero-order valence-corrected chi connectivity index (χ0v) is 19.7. The summed E-state index contributed by atoms with van der Waals surface area (Å²) in [4.78, 5) is 20.5. The van der Waals surface area contributed by atoms with Gasteiger partial charge in [-0.3, -0.25) is 4.79 Å². The molecule has 0 radical (unpaired) electrons. The third kappa shape index (κ3) is 5.81. The van der Waals surface area contributed by atoms with Gasteiger partial charge in [0.15, 0.2) is 0 Å². The minimum atomic E-state index is -0.234. The predicted molar refractivity (Wildman–Crippen MR) is 131 cm³/mol. The molecule has 0 bridgehead atoms. The molecule has 0 aliphatic rings. The minimum Gasteiger partial charge on any atom is -0.383 e. The smallest absolute Gasteiger partial charge is 0.226 e. The maximum Gasteiger partial charge on any atom is 0.226 e. The van der Waals surface area contributed by atoms with Gasteiger partial charge >= 0.3 is 0 Å². The second-order valence-electron chi connectivity index (χ2n) is 7.44. The number of carbonyl (C=O) groups is 1. The molecular formula is C24H21ClN6OS. The second-order valence-corrected chi connectivity index (χ2v) is 8.96. The highest BCUT2D eigenvalue weighted by atomic mass is 35.5. The second kappa shape index (κ2) is 10.8. The Labute approximate surface area is 201 Å². The van der Waals surface area contributed by atoms with Crippen LogP contribution in [0.1, 0.15) is 42.9 Å². The van der Waals surface area contributed by atoms with Crippen LogP contribution in [0.25, 0.3) is 11.1 Å². The fraction of sp³-hybridized carbons (Fsp3) is 0.208. The summed E-state index contributed by atoms with van der Waals surface area (Å²) in [6, 6.07) is 15.2. The lowest BCUT2D eigenvalue weighted by Gasteiger charge is -2.14. The zero-order valence-electron chi connectivity index (χ0n) is 18.1. The van der Waals surface area contributed by atoms with Crippen molar-refractivity contribution < 1.29 is 4.79 Å². The average molecular weight is 477 g/mol. The topological polar surface area (TPSA) is 128 Å². The van der Waals surface area contributed by atoms with E-state index in [2.05, 4.69) is 41.3 Å². The number of nitriles is 2. The summed E-state index contributed by atoms with van der Waals surface area (Å²) in [5, 5.41) is 23.1. The van der Waals surface area contributed by atoms with Crippen molar-refractivity contribution in [3.63, 3.8) is 0 Å². The van der Waals surface area contributed by atoms with E-state index in [4.69, 9.17) is 17.3 Å². The molecule has 1 aromatic carbocycles. The number of rotatable bonds is 7. The van der Waals surface area contributed by atoms with E-state index in [9.17, 15) is 15.3 Å². The molecule has 0 spiro atoms. The van der Waals surface area contributed by atoms with Gasteiger partial charge in [-0.25, -0.2) is 9.97 Å². The van der Waals surface area contributed by atoms with Gasteiger partial charge in [0, 0.05) is 23.9 Å². The molecule has 3 rings (SSSR count). The van der Waals surface area contributed by atoms with Crippen LogP contribution in [0.5, 0.6) is 0 Å². The normalized spacial score (nSPS) is 10.5. The number of anilines is 2. The van der Waals surface area contributed by atoms with Crippen LogP contribution in [-0.2, 0) is 4.79 Å². The quantitative estimate of drug-likeness (QED) is 0.438. The van der Waals surface area contributed by atoms with E-state index >= 15 is 0 Å². The molecule has 0 saturated heterocycles. The molecule has 0 aliphatic heterocycles. The van der Waals surface area contributed by atoms with Crippen molar-refractivity contribution in [2.75, 3.05) is 16.8 Å². The molecule has 2 aromatic heterocycles. The van der Waals surface area contributed by atoms with E-state index in [-0.39, 0.29) is 29.3 Å². The standard InChI is InChI=1S/C24H21ClN6OS/c1-14(2)15-3-5-16(6-4-15)22-18(11-26)23(28)31-24(19(22)12-27)33-10-9-21(32)30-20-8-7-17(25)13-29-20/h3-8,13-14H,9-10H2,1-2H3,(H2,28,31)(H,29,30,32). The molecule has 33 heavy (non-hydrogen) atoms. The molecule has 0 unspecified atom stereocenters. The van der Waals surface area contributed by atoms with Crippen LogP contribution in [0.2, 0.25) is 5.02 Å². The van der Waals surface area contributed by atoms with Crippen LogP contribution in [0, 0.1) is 22.7 Å². The Balaban J connectivity index is 1.82. The summed E-state index contributed by atoms with van der Waals surface area (Å²) >= 11 is 7.04. The molecule has 3 N–H and O–H groups in total. The van der Waals surface area contributed by atoms with E-state index in [0.29, 0.717) is 33.1 Å². The number of thioether (sulfide) groups is 1. The number of pyridine rings is 2. The Morgan fingerprint density at radius 2 is 1.85 bits per heavy atom. The summed E-state index contributed by atoms with van der Waals surface area (Å²) in [7, 11) is 0. The van der Waals surface area contributed by atoms with E-state index in [1.807, 2.05) is 24.3 Å². The minimum absolute atomic E-state index is 0.0525. The summed E-state index contributed by atoms with van der Waals surface area (Å²) in [6.45, 7) is 4.18. The van der Waals surface area contributed by atoms with Gasteiger partial charge < -0.3 is 11.1 Å². The van der Waals surface area contributed by atoms with E-state index in [1.165, 1.54) is 18.0 Å². The molecule has 3 aromatic rings. The largest absolute Gasteiger partial charge is 0.383 e. The Morgan fingerprint density at radius 1 is 1.15 bits per heavy atom. The van der Waals surface area contributed by atoms with Crippen LogP contribution < -0.4 is 11.1 Å². The third-order valence-electron chi connectivity index (χ3n) is 4.84. The van der Waals surface area contributed by atoms with Crippen molar-refractivity contribution in [3.8, 4) is 23.3 Å². The number of aromatic nitrogens is 2. The highest BCUT2D eigenvalue weighted by molar-refractivity contribution is 7.99. The van der Waals surface area contributed by atoms with Gasteiger partial charge in [0.25, 0.3) is 0 Å². The highest BCUT2D eigenvalue weighted by Gasteiger charge is 2.21. The van der Waals surface area contributed by atoms with E-state index in [1.54, 1.807) is 12.1 Å². The van der Waals surface area contributed by atoms with Gasteiger partial charge in [-0.05, 0) is 29.2 Å². The lowest BCUT2D eigenvalue weighted by Crippen LogP contribution is -2.13. The van der Waals surface area contributed by atoms with Gasteiger partial charge in [-0.1, -0.05) is 49.7 Å². The van der Waals surface area contributed by atoms with Crippen LogP contribution in [-0.4, -0.2) is 21.6 Å². The number of halogens is 1. The molecule has 166 valence electrons. The molecule has 0 atom stereocenters. The van der Waals surface area contributed by atoms with Crippen LogP contribution >= 0.6 is 23.4 Å². The summed E-state index contributed by atoms with van der Waals surface area (Å²) in [5.41, 5.74) is 8.82. The summed E-state index contributed by atoms with van der Waals surface area (Å²) in [6.07, 6.45) is 1.61. The maximum absolute atomic E-state index is 12.2. The lowest BCUT2D eigenvalue weighted by molar-refractivity contribution is -0.115. The average Bonchev–Trinajstić information content (AvgIpc) is 2.80. The number of nitrogens with one attached hydrogen (secondary N) is 1. The van der Waals surface area contributed by atoms with Crippen LogP contribution in [0.3, 0.4) is 0 Å². The summed E-state index contributed by atoms with van der Waals surface area (Å²) in [5.74, 6) is 0.935. The molecule has 0 aliphatic carbocycles. The third-order valence-corrected chi connectivity index (χ3v) is 6.05. The summed E-state index contributed by atoms with van der Waals surface area (Å²) < 4.78 is 0. The number of nitrogens with zero attached hydrogens (tertiary/aromatic N) is 4. The predicted octanol–water partition coefficient (Wildman–Crippen LogP) is 5.37. The van der Waals surface area contributed by atoms with Crippen LogP contribution in [0.15, 0.2) is 47.6 Å². The number of carbonyl (C=O) groups excluding carboxylic acids is 1. The van der Waals surface area contributed by atoms with E-state index in [0.717, 1.165) is 11.1 Å². The first-order valence-corrected chi connectivity index (χ1v) is 11.5. The fourth-order valence-corrected chi connectivity index (χ4v) is 4.17. The molecule has 2 heterocycles. The highest BCUT2D eigenvalue weighted by Crippen LogP contribution is 2.36. The van der Waals surface area contributed by atoms with Gasteiger partial charge in [0.1, 0.15) is 34.4 Å². The molecular weight excluding hydrogens is 456 g/mol. The van der Waals surface area contributed by atoms with Crippen molar-refractivity contribution in [2.45, 2.75) is 31.2 Å². The molecule has 7 nitrogen and oxygen atoms in total. The lowest BCUT2D eigenvalue weighted by atomic mass is 9.94. The zero-order chi connectivity index (χ0) is 24.0. The maximum atomic E-state index is 12.2. The molecule has 0 saturated carbocycles. The Bertz CT molecular complexity index is 1240. The number of amides is 1. The van der Waals surface area contributed by atoms with Crippen molar-refractivity contribution in [1.29, 1.82) is 10.5 Å². The van der Waals surface area contributed by atoms with Crippen molar-refractivity contribution >= 4 is 40.9 Å². The van der Waals surface area contributed by atoms with Gasteiger partial charge in [-0.2, -0.15) is 10.5 Å². The van der Waals surface area contributed by atoms with Gasteiger partial charge in [0.2, 0.25) is 5.91 Å². The number of nitrogens with two attached hydrogens (primary N) is 1. The van der Waals surface area contributed by atoms with Gasteiger partial charge in [0.05, 0.1) is 10.6 Å². The first-order chi connectivity index (χ1) is 15.8. The first kappa shape index (κ1) is 24.1. The molecule has 9 heteroatoms. The Hall–Kier alpha value is -3.59. The van der Waals surface area contributed by atoms with Gasteiger partial charge in [-0.15, -0.1) is 11.8 Å². The monoisotopic (exact) mass is 476 g/mol. The first-order valence-electron chi connectivity index (χ1n) is 10.1. The molecule has 1 amide bonds. The van der Waals surface area contributed by atoms with Crippen molar-refractivity contribution in [2.24, 2.45) is 0 Å². The Kier molecular flexibility index (Phi) is 7.89. The fourth-order valence-electron chi connectivity index (χ4n) is 3.12. The van der Waals surface area contributed by atoms with E-state index < -0.39 is 0 Å². The number of hydrogen-bond acceptors (Lipinski definition) is 7.